The van der Waals surface area contributed by atoms with Crippen molar-refractivity contribution in [2.24, 2.45) is 0 Å². The van der Waals surface area contributed by atoms with Crippen LogP contribution in [0.5, 0.6) is 5.75 Å². The van der Waals surface area contributed by atoms with Crippen molar-refractivity contribution >= 4 is 5.91 Å². The van der Waals surface area contributed by atoms with Crippen LogP contribution in [0, 0.1) is 0 Å². The molecule has 2 heterocycles. The molecule has 150 valence electrons. The van der Waals surface area contributed by atoms with E-state index >= 15 is 0 Å². The minimum absolute atomic E-state index is 0.125. The summed E-state index contributed by atoms with van der Waals surface area (Å²) in [4.78, 5) is 19.2. The molecule has 29 heavy (non-hydrogen) atoms. The van der Waals surface area contributed by atoms with Gasteiger partial charge in [0.1, 0.15) is 5.75 Å². The predicted molar refractivity (Wildman–Crippen MR) is 113 cm³/mol. The Morgan fingerprint density at radius 1 is 1.10 bits per heavy atom. The van der Waals surface area contributed by atoms with E-state index in [-0.39, 0.29) is 5.91 Å². The molecular weight excluding hydrogens is 362 g/mol. The number of rotatable bonds is 5. The van der Waals surface area contributed by atoms with Gasteiger partial charge in [-0.2, -0.15) is 0 Å². The molecule has 1 aromatic heterocycles. The standard InChI is InChI=1S/C24H27N3O2/c1-29-23-11-9-20(10-12-23)22-4-2-3-14-27(17-22)24(28)21-7-5-19(6-8-21)16-26-15-13-25-18-26/h5-13,15,18,22H,2-4,14,16-17H2,1H3/t22-/m0/s1. The van der Waals surface area contributed by atoms with E-state index < -0.39 is 0 Å². The highest BCUT2D eigenvalue weighted by molar-refractivity contribution is 5.94. The third kappa shape index (κ3) is 4.67. The van der Waals surface area contributed by atoms with Gasteiger partial charge in [-0.15, -0.1) is 0 Å². The topological polar surface area (TPSA) is 47.4 Å². The number of carbonyl (C=O) groups is 1. The van der Waals surface area contributed by atoms with Crippen LogP contribution in [-0.2, 0) is 6.54 Å². The van der Waals surface area contributed by atoms with E-state index in [1.165, 1.54) is 5.56 Å². The van der Waals surface area contributed by atoms with E-state index in [0.29, 0.717) is 5.92 Å². The fourth-order valence-electron chi connectivity index (χ4n) is 4.00. The summed E-state index contributed by atoms with van der Waals surface area (Å²) in [5, 5.41) is 0. The first-order chi connectivity index (χ1) is 14.2. The molecule has 5 heteroatoms. The Labute approximate surface area is 171 Å². The third-order valence-corrected chi connectivity index (χ3v) is 5.67. The Morgan fingerprint density at radius 3 is 2.59 bits per heavy atom. The molecule has 2 aromatic carbocycles. The van der Waals surface area contributed by atoms with E-state index in [9.17, 15) is 4.79 Å². The summed E-state index contributed by atoms with van der Waals surface area (Å²) in [7, 11) is 1.68. The van der Waals surface area contributed by atoms with Gasteiger partial charge in [-0.25, -0.2) is 4.98 Å². The fraction of sp³-hybridized carbons (Fsp3) is 0.333. The first-order valence-electron chi connectivity index (χ1n) is 10.2. The number of likely N-dealkylation sites (tertiary alicyclic amines) is 1. The predicted octanol–water partition coefficient (Wildman–Crippen LogP) is 4.35. The van der Waals surface area contributed by atoms with Crippen LogP contribution >= 0.6 is 0 Å². The zero-order valence-corrected chi connectivity index (χ0v) is 16.8. The van der Waals surface area contributed by atoms with Crippen LogP contribution < -0.4 is 4.74 Å². The molecule has 0 N–H and O–H groups in total. The average Bonchev–Trinajstić information content (AvgIpc) is 3.15. The summed E-state index contributed by atoms with van der Waals surface area (Å²) < 4.78 is 7.29. The van der Waals surface area contributed by atoms with Crippen molar-refractivity contribution < 1.29 is 9.53 Å². The minimum atomic E-state index is 0.125. The minimum Gasteiger partial charge on any atom is -0.497 e. The summed E-state index contributed by atoms with van der Waals surface area (Å²) in [6.45, 7) is 2.35. The van der Waals surface area contributed by atoms with Crippen LogP contribution in [0.3, 0.4) is 0 Å². The molecule has 0 saturated carbocycles. The molecule has 4 rings (SSSR count). The average molecular weight is 389 g/mol. The Balaban J connectivity index is 1.45. The lowest BCUT2D eigenvalue weighted by Gasteiger charge is -2.25. The highest BCUT2D eigenvalue weighted by atomic mass is 16.5. The summed E-state index contributed by atoms with van der Waals surface area (Å²) in [6, 6.07) is 16.2. The van der Waals surface area contributed by atoms with Gasteiger partial charge in [0.25, 0.3) is 5.91 Å². The van der Waals surface area contributed by atoms with Crippen molar-refractivity contribution in [2.75, 3.05) is 20.2 Å². The van der Waals surface area contributed by atoms with Crippen molar-refractivity contribution in [1.29, 1.82) is 0 Å². The number of ether oxygens (including phenoxy) is 1. The monoisotopic (exact) mass is 389 g/mol. The molecular formula is C24H27N3O2. The maximum absolute atomic E-state index is 13.1. The van der Waals surface area contributed by atoms with Crippen molar-refractivity contribution in [3.8, 4) is 5.75 Å². The molecule has 0 bridgehead atoms. The third-order valence-electron chi connectivity index (χ3n) is 5.67. The van der Waals surface area contributed by atoms with Gasteiger partial charge in [0.05, 0.1) is 13.4 Å². The number of hydrogen-bond donors (Lipinski definition) is 0. The molecule has 0 spiro atoms. The SMILES string of the molecule is COc1ccc([C@H]2CCCCN(C(=O)c3ccc(Cn4ccnc4)cc3)C2)cc1. The van der Waals surface area contributed by atoms with Crippen molar-refractivity contribution in [3.05, 3.63) is 83.9 Å². The smallest absolute Gasteiger partial charge is 0.253 e. The van der Waals surface area contributed by atoms with Gasteiger partial charge in [0, 0.05) is 43.5 Å². The molecule has 1 saturated heterocycles. The molecule has 3 aromatic rings. The lowest BCUT2D eigenvalue weighted by molar-refractivity contribution is 0.0754. The maximum Gasteiger partial charge on any atom is 0.253 e. The second kappa shape index (κ2) is 8.95. The van der Waals surface area contributed by atoms with Gasteiger partial charge in [-0.1, -0.05) is 30.7 Å². The molecule has 1 aliphatic rings. The quantitative estimate of drug-likeness (QED) is 0.652. The van der Waals surface area contributed by atoms with Gasteiger partial charge in [-0.05, 0) is 48.2 Å². The number of carbonyl (C=O) groups excluding carboxylic acids is 1. The molecule has 1 atom stereocenters. The molecule has 1 amide bonds. The largest absolute Gasteiger partial charge is 0.497 e. The van der Waals surface area contributed by atoms with E-state index in [1.807, 2.05) is 52.1 Å². The Bertz CT molecular complexity index is 918. The molecule has 1 fully saturated rings. The molecule has 0 unspecified atom stereocenters. The first-order valence-corrected chi connectivity index (χ1v) is 10.2. The van der Waals surface area contributed by atoms with Crippen molar-refractivity contribution in [1.82, 2.24) is 14.5 Å². The Kier molecular flexibility index (Phi) is 5.94. The normalized spacial score (nSPS) is 17.0. The number of methoxy groups -OCH3 is 1. The summed E-state index contributed by atoms with van der Waals surface area (Å²) in [6.07, 6.45) is 8.82. The lowest BCUT2D eigenvalue weighted by atomic mass is 9.94. The van der Waals surface area contributed by atoms with Crippen LogP contribution in [-0.4, -0.2) is 40.6 Å². The van der Waals surface area contributed by atoms with Gasteiger partial charge in [0.15, 0.2) is 0 Å². The maximum atomic E-state index is 13.1. The number of hydrogen-bond acceptors (Lipinski definition) is 3. The van der Waals surface area contributed by atoms with Gasteiger partial charge >= 0.3 is 0 Å². The van der Waals surface area contributed by atoms with Gasteiger partial charge < -0.3 is 14.2 Å². The number of imidazole rings is 1. The van der Waals surface area contributed by atoms with Crippen LogP contribution in [0.25, 0.3) is 0 Å². The van der Waals surface area contributed by atoms with E-state index in [4.69, 9.17) is 4.74 Å². The Hall–Kier alpha value is -3.08. The highest BCUT2D eigenvalue weighted by Crippen LogP contribution is 2.28. The van der Waals surface area contributed by atoms with Crippen LogP contribution in [0.4, 0.5) is 0 Å². The van der Waals surface area contributed by atoms with E-state index in [0.717, 1.165) is 55.8 Å². The summed E-state index contributed by atoms with van der Waals surface area (Å²) in [5.74, 6) is 1.36. The van der Waals surface area contributed by atoms with E-state index in [1.54, 1.807) is 19.6 Å². The Morgan fingerprint density at radius 2 is 1.90 bits per heavy atom. The zero-order chi connectivity index (χ0) is 20.1. The number of aromatic nitrogens is 2. The van der Waals surface area contributed by atoms with E-state index in [2.05, 4.69) is 17.1 Å². The van der Waals surface area contributed by atoms with Crippen molar-refractivity contribution in [3.63, 3.8) is 0 Å². The molecule has 5 nitrogen and oxygen atoms in total. The van der Waals surface area contributed by atoms with Gasteiger partial charge in [-0.3, -0.25) is 4.79 Å². The number of benzene rings is 2. The molecule has 1 aliphatic heterocycles. The summed E-state index contributed by atoms with van der Waals surface area (Å²) in [5.41, 5.74) is 3.20. The number of nitrogens with zero attached hydrogens (tertiary/aromatic N) is 3. The second-order valence-electron chi connectivity index (χ2n) is 7.65. The lowest BCUT2D eigenvalue weighted by Crippen LogP contribution is -2.34. The fourth-order valence-corrected chi connectivity index (χ4v) is 4.00. The molecule has 0 aliphatic carbocycles. The number of amides is 1. The zero-order valence-electron chi connectivity index (χ0n) is 16.8. The first kappa shape index (κ1) is 19.2. The van der Waals surface area contributed by atoms with Crippen LogP contribution in [0.15, 0.2) is 67.3 Å². The van der Waals surface area contributed by atoms with Crippen LogP contribution in [0.2, 0.25) is 0 Å². The van der Waals surface area contributed by atoms with Gasteiger partial charge in [0.2, 0.25) is 0 Å². The summed E-state index contributed by atoms with van der Waals surface area (Å²) >= 11 is 0. The highest BCUT2D eigenvalue weighted by Gasteiger charge is 2.24. The molecule has 0 radical (unpaired) electrons. The van der Waals surface area contributed by atoms with Crippen molar-refractivity contribution in [2.45, 2.75) is 31.7 Å². The second-order valence-corrected chi connectivity index (χ2v) is 7.65. The van der Waals surface area contributed by atoms with Crippen LogP contribution in [0.1, 0.15) is 46.7 Å².